The molecular weight excluding hydrogens is 244 g/mol. The minimum Gasteiger partial charge on any atom is -0.387 e. The Kier molecular flexibility index (Phi) is 5.11. The lowest BCUT2D eigenvalue weighted by molar-refractivity contribution is -0.118. The largest absolute Gasteiger partial charge is 0.387 e. The molecule has 0 aliphatic rings. The van der Waals surface area contributed by atoms with Gasteiger partial charge in [-0.2, -0.15) is 0 Å². The number of amides is 1. The molecule has 1 heterocycles. The van der Waals surface area contributed by atoms with E-state index >= 15 is 0 Å². The second-order valence-corrected chi connectivity index (χ2v) is 4.70. The third-order valence-corrected chi connectivity index (χ3v) is 3.34. The molecule has 0 bridgehead atoms. The van der Waals surface area contributed by atoms with Gasteiger partial charge in [-0.05, 0) is 25.5 Å². The van der Waals surface area contributed by atoms with E-state index in [1.54, 1.807) is 11.8 Å². The van der Waals surface area contributed by atoms with Crippen molar-refractivity contribution in [2.45, 2.75) is 16.8 Å². The minimum atomic E-state index is -0.518. The molecule has 6 heteroatoms. The third kappa shape index (κ3) is 3.13. The summed E-state index contributed by atoms with van der Waals surface area (Å²) in [5.41, 5.74) is 1.60. The van der Waals surface area contributed by atoms with Crippen molar-refractivity contribution < 1.29 is 9.90 Å². The van der Waals surface area contributed by atoms with Crippen molar-refractivity contribution in [2.75, 3.05) is 24.4 Å². The summed E-state index contributed by atoms with van der Waals surface area (Å²) < 4.78 is 0. The monoisotopic (exact) mass is 258 g/mol. The lowest BCUT2D eigenvalue weighted by atomic mass is 10.3. The smallest absolute Gasteiger partial charge is 0.250 e. The van der Waals surface area contributed by atoms with Crippen LogP contribution in [0, 0.1) is 6.92 Å². The van der Waals surface area contributed by atoms with Crippen molar-refractivity contribution in [2.24, 2.45) is 0 Å². The molecular formula is C10H14N2O2S2. The number of aryl methyl sites for hydroxylation is 1. The van der Waals surface area contributed by atoms with E-state index in [-0.39, 0.29) is 0 Å². The van der Waals surface area contributed by atoms with Gasteiger partial charge in [-0.3, -0.25) is 4.79 Å². The van der Waals surface area contributed by atoms with Gasteiger partial charge in [0.1, 0.15) is 11.6 Å². The maximum absolute atomic E-state index is 11.2. The number of pyridine rings is 1. The van der Waals surface area contributed by atoms with Crippen LogP contribution in [0.1, 0.15) is 5.69 Å². The van der Waals surface area contributed by atoms with Gasteiger partial charge in [0.25, 0.3) is 0 Å². The SMILES string of the molecule is CSc1cc(C)nc(SC)c1NC(=O)CO. The zero-order valence-corrected chi connectivity index (χ0v) is 11.0. The molecule has 0 aliphatic carbocycles. The molecule has 4 nitrogen and oxygen atoms in total. The average Bonchev–Trinajstić information content (AvgIpc) is 2.30. The highest BCUT2D eigenvalue weighted by Crippen LogP contribution is 2.33. The number of carbonyl (C=O) groups is 1. The molecule has 0 saturated heterocycles. The highest BCUT2D eigenvalue weighted by atomic mass is 32.2. The van der Waals surface area contributed by atoms with Gasteiger partial charge in [-0.1, -0.05) is 0 Å². The second-order valence-electron chi connectivity index (χ2n) is 3.06. The number of aliphatic hydroxyl groups excluding tert-OH is 1. The number of rotatable bonds is 4. The van der Waals surface area contributed by atoms with E-state index in [0.29, 0.717) is 5.69 Å². The molecule has 2 N–H and O–H groups in total. The highest BCUT2D eigenvalue weighted by molar-refractivity contribution is 7.99. The zero-order chi connectivity index (χ0) is 12.1. The molecule has 0 spiro atoms. The molecule has 0 aliphatic heterocycles. The maximum Gasteiger partial charge on any atom is 0.250 e. The molecule has 0 atom stereocenters. The average molecular weight is 258 g/mol. The van der Waals surface area contributed by atoms with Gasteiger partial charge in [-0.15, -0.1) is 23.5 Å². The molecule has 1 aromatic heterocycles. The molecule has 0 radical (unpaired) electrons. The molecule has 16 heavy (non-hydrogen) atoms. The first-order chi connectivity index (χ1) is 7.62. The summed E-state index contributed by atoms with van der Waals surface area (Å²) in [6.45, 7) is 1.40. The summed E-state index contributed by atoms with van der Waals surface area (Å²) in [5.74, 6) is -0.420. The Labute approximate surface area is 103 Å². The normalized spacial score (nSPS) is 10.2. The summed E-state index contributed by atoms with van der Waals surface area (Å²) in [6.07, 6.45) is 3.84. The van der Waals surface area contributed by atoms with E-state index in [4.69, 9.17) is 5.11 Å². The first kappa shape index (κ1) is 13.3. The van der Waals surface area contributed by atoms with E-state index in [0.717, 1.165) is 15.6 Å². The van der Waals surface area contributed by atoms with E-state index in [9.17, 15) is 4.79 Å². The molecule has 88 valence electrons. The second kappa shape index (κ2) is 6.12. The van der Waals surface area contributed by atoms with Gasteiger partial charge in [0.2, 0.25) is 5.91 Å². The molecule has 0 saturated carbocycles. The summed E-state index contributed by atoms with van der Waals surface area (Å²) in [6, 6.07) is 1.91. The Morgan fingerprint density at radius 2 is 2.19 bits per heavy atom. The summed E-state index contributed by atoms with van der Waals surface area (Å²) in [4.78, 5) is 16.5. The van der Waals surface area contributed by atoms with Crippen LogP contribution in [0.2, 0.25) is 0 Å². The molecule has 1 rings (SSSR count). The number of aromatic nitrogens is 1. The van der Waals surface area contributed by atoms with Crippen molar-refractivity contribution in [1.29, 1.82) is 0 Å². The third-order valence-electron chi connectivity index (χ3n) is 1.90. The number of hydrogen-bond donors (Lipinski definition) is 2. The van der Waals surface area contributed by atoms with Crippen molar-refractivity contribution in [3.8, 4) is 0 Å². The number of hydrogen-bond acceptors (Lipinski definition) is 5. The van der Waals surface area contributed by atoms with Crippen LogP contribution in [0.5, 0.6) is 0 Å². The van der Waals surface area contributed by atoms with Gasteiger partial charge in [-0.25, -0.2) is 4.98 Å². The number of nitrogens with zero attached hydrogens (tertiary/aromatic N) is 1. The minimum absolute atomic E-state index is 0.420. The van der Waals surface area contributed by atoms with E-state index in [2.05, 4.69) is 10.3 Å². The highest BCUT2D eigenvalue weighted by Gasteiger charge is 2.12. The summed E-state index contributed by atoms with van der Waals surface area (Å²) in [7, 11) is 0. The first-order valence-corrected chi connectivity index (χ1v) is 7.07. The predicted molar refractivity (Wildman–Crippen MR) is 68.3 cm³/mol. The van der Waals surface area contributed by atoms with Crippen LogP contribution in [0.3, 0.4) is 0 Å². The van der Waals surface area contributed by atoms with E-state index in [1.165, 1.54) is 11.8 Å². The Hall–Kier alpha value is -0.720. The van der Waals surface area contributed by atoms with Crippen LogP contribution in [-0.2, 0) is 4.79 Å². The Bertz CT molecular complexity index is 371. The molecule has 0 fully saturated rings. The Morgan fingerprint density at radius 1 is 1.50 bits per heavy atom. The zero-order valence-electron chi connectivity index (χ0n) is 9.40. The number of anilines is 1. The molecule has 1 amide bonds. The molecule has 1 aromatic rings. The number of aliphatic hydroxyl groups is 1. The van der Waals surface area contributed by atoms with E-state index in [1.807, 2.05) is 25.5 Å². The fourth-order valence-electron chi connectivity index (χ4n) is 1.22. The number of carbonyl (C=O) groups excluding carboxylic acids is 1. The maximum atomic E-state index is 11.2. The predicted octanol–water partition coefficient (Wildman–Crippen LogP) is 1.76. The molecule has 0 unspecified atom stereocenters. The van der Waals surface area contributed by atoms with Crippen LogP contribution in [-0.4, -0.2) is 35.1 Å². The number of nitrogens with one attached hydrogen (secondary N) is 1. The van der Waals surface area contributed by atoms with Gasteiger partial charge in [0, 0.05) is 10.6 Å². The van der Waals surface area contributed by atoms with Crippen LogP contribution >= 0.6 is 23.5 Å². The Morgan fingerprint density at radius 3 is 2.69 bits per heavy atom. The quantitative estimate of drug-likeness (QED) is 0.806. The summed E-state index contributed by atoms with van der Waals surface area (Å²) in [5, 5.41) is 12.2. The lowest BCUT2D eigenvalue weighted by Gasteiger charge is -2.13. The van der Waals surface area contributed by atoms with Crippen LogP contribution in [0.15, 0.2) is 16.0 Å². The van der Waals surface area contributed by atoms with Gasteiger partial charge in [0.05, 0.1) is 5.69 Å². The van der Waals surface area contributed by atoms with Gasteiger partial charge in [0.15, 0.2) is 0 Å². The summed E-state index contributed by atoms with van der Waals surface area (Å²) >= 11 is 3.01. The van der Waals surface area contributed by atoms with E-state index < -0.39 is 12.5 Å². The van der Waals surface area contributed by atoms with Crippen molar-refractivity contribution in [3.63, 3.8) is 0 Å². The van der Waals surface area contributed by atoms with Gasteiger partial charge >= 0.3 is 0 Å². The fourth-order valence-corrected chi connectivity index (χ4v) is 2.52. The topological polar surface area (TPSA) is 62.2 Å². The first-order valence-electron chi connectivity index (χ1n) is 4.62. The van der Waals surface area contributed by atoms with Crippen molar-refractivity contribution in [3.05, 3.63) is 11.8 Å². The van der Waals surface area contributed by atoms with Gasteiger partial charge < -0.3 is 10.4 Å². The fraction of sp³-hybridized carbons (Fsp3) is 0.400. The van der Waals surface area contributed by atoms with Crippen molar-refractivity contribution in [1.82, 2.24) is 4.98 Å². The Balaban J connectivity index is 3.16. The van der Waals surface area contributed by atoms with Crippen LogP contribution in [0.4, 0.5) is 5.69 Å². The standard InChI is InChI=1S/C10H14N2O2S2/c1-6-4-7(15-2)9(10(11-6)16-3)12-8(14)5-13/h4,13H,5H2,1-3H3,(H,12,14). The van der Waals surface area contributed by atoms with Crippen LogP contribution < -0.4 is 5.32 Å². The van der Waals surface area contributed by atoms with Crippen molar-refractivity contribution >= 4 is 35.1 Å². The number of thioether (sulfide) groups is 2. The molecule has 0 aromatic carbocycles. The lowest BCUT2D eigenvalue weighted by Crippen LogP contribution is -2.17. The van der Waals surface area contributed by atoms with Crippen LogP contribution in [0.25, 0.3) is 0 Å².